The maximum absolute atomic E-state index is 12.2. The topological polar surface area (TPSA) is 23.5 Å². The lowest BCUT2D eigenvalue weighted by Gasteiger charge is -2.30. The monoisotopic (exact) mass is 257 g/mol. The molecule has 0 aromatic carbocycles. The molecule has 0 bridgehead atoms. The SMILES string of the molecule is CS[C@@H]1CCC[C@@H]1N(C)C[C@H](O)C(F)(F)F. The number of aliphatic hydroxyl groups is 1. The van der Waals surface area contributed by atoms with Gasteiger partial charge in [-0.1, -0.05) is 6.42 Å². The standard InChI is InChI=1S/C10H18F3NOS/c1-14(6-9(15)10(11,12)13)7-4-3-5-8(7)16-2/h7-9,15H,3-6H2,1-2H3/t7-,8+,9-/m0/s1. The van der Waals surface area contributed by atoms with E-state index in [0.29, 0.717) is 5.25 Å². The fourth-order valence-electron chi connectivity index (χ4n) is 2.20. The molecule has 96 valence electrons. The van der Waals surface area contributed by atoms with E-state index < -0.39 is 12.3 Å². The van der Waals surface area contributed by atoms with Gasteiger partial charge in [0.2, 0.25) is 0 Å². The van der Waals surface area contributed by atoms with Crippen molar-refractivity contribution in [2.24, 2.45) is 0 Å². The number of hydrogen-bond acceptors (Lipinski definition) is 3. The minimum absolute atomic E-state index is 0.159. The first-order valence-corrected chi connectivity index (χ1v) is 6.63. The maximum Gasteiger partial charge on any atom is 0.415 e. The lowest BCUT2D eigenvalue weighted by atomic mass is 10.2. The first-order valence-electron chi connectivity index (χ1n) is 5.34. The van der Waals surface area contributed by atoms with Crippen molar-refractivity contribution in [2.75, 3.05) is 19.8 Å². The molecule has 3 atom stereocenters. The molecule has 0 unspecified atom stereocenters. The molecule has 1 aliphatic carbocycles. The highest BCUT2D eigenvalue weighted by atomic mass is 32.2. The van der Waals surface area contributed by atoms with Crippen molar-refractivity contribution in [3.63, 3.8) is 0 Å². The molecule has 1 saturated carbocycles. The molecule has 6 heteroatoms. The third-order valence-corrected chi connectivity index (χ3v) is 4.28. The Hall–Kier alpha value is 0.0600. The van der Waals surface area contributed by atoms with E-state index in [1.165, 1.54) is 0 Å². The molecule has 0 aliphatic heterocycles. The normalized spacial score (nSPS) is 28.7. The van der Waals surface area contributed by atoms with Crippen LogP contribution < -0.4 is 0 Å². The molecular formula is C10H18F3NOS. The van der Waals surface area contributed by atoms with Gasteiger partial charge in [0.1, 0.15) is 0 Å². The third-order valence-electron chi connectivity index (χ3n) is 3.13. The summed E-state index contributed by atoms with van der Waals surface area (Å²) in [7, 11) is 1.66. The molecule has 1 fully saturated rings. The summed E-state index contributed by atoms with van der Waals surface area (Å²) in [6, 6.07) is 0.159. The second-order valence-electron chi connectivity index (χ2n) is 4.27. The van der Waals surface area contributed by atoms with Crippen molar-refractivity contribution in [1.29, 1.82) is 0 Å². The number of thioether (sulfide) groups is 1. The molecular weight excluding hydrogens is 239 g/mol. The molecule has 1 N–H and O–H groups in total. The highest BCUT2D eigenvalue weighted by molar-refractivity contribution is 7.99. The van der Waals surface area contributed by atoms with Gasteiger partial charge in [0.25, 0.3) is 0 Å². The summed E-state index contributed by atoms with van der Waals surface area (Å²) >= 11 is 1.70. The van der Waals surface area contributed by atoms with Crippen LogP contribution in [0.15, 0.2) is 0 Å². The van der Waals surface area contributed by atoms with Gasteiger partial charge >= 0.3 is 6.18 Å². The number of nitrogens with zero attached hydrogens (tertiary/aromatic N) is 1. The van der Waals surface area contributed by atoms with Crippen molar-refractivity contribution in [2.45, 2.75) is 42.8 Å². The summed E-state index contributed by atoms with van der Waals surface area (Å²) in [5.41, 5.74) is 0. The Balaban J connectivity index is 2.48. The van der Waals surface area contributed by atoms with Crippen molar-refractivity contribution in [3.8, 4) is 0 Å². The molecule has 1 rings (SSSR count). The van der Waals surface area contributed by atoms with Gasteiger partial charge in [-0.25, -0.2) is 0 Å². The molecule has 0 aromatic rings. The smallest absolute Gasteiger partial charge is 0.382 e. The molecule has 0 heterocycles. The van der Waals surface area contributed by atoms with Crippen LogP contribution in [0, 0.1) is 0 Å². The second kappa shape index (κ2) is 5.60. The van der Waals surface area contributed by atoms with Gasteiger partial charge in [0, 0.05) is 17.8 Å². The summed E-state index contributed by atoms with van der Waals surface area (Å²) < 4.78 is 36.6. The van der Waals surface area contributed by atoms with Gasteiger partial charge in [-0.05, 0) is 26.1 Å². The van der Waals surface area contributed by atoms with E-state index in [4.69, 9.17) is 5.11 Å². The van der Waals surface area contributed by atoms with E-state index >= 15 is 0 Å². The molecule has 0 aromatic heterocycles. The fraction of sp³-hybridized carbons (Fsp3) is 1.00. The minimum atomic E-state index is -4.51. The number of alkyl halides is 3. The van der Waals surface area contributed by atoms with E-state index in [2.05, 4.69) is 0 Å². The zero-order chi connectivity index (χ0) is 12.3. The first-order chi connectivity index (χ1) is 7.36. The average Bonchev–Trinajstić information content (AvgIpc) is 2.63. The zero-order valence-electron chi connectivity index (χ0n) is 9.50. The Morgan fingerprint density at radius 2 is 2.06 bits per heavy atom. The Bertz CT molecular complexity index is 225. The second-order valence-corrected chi connectivity index (χ2v) is 5.35. The van der Waals surface area contributed by atoms with Gasteiger partial charge in [0.15, 0.2) is 6.10 Å². The summed E-state index contributed by atoms with van der Waals surface area (Å²) in [4.78, 5) is 1.65. The highest BCUT2D eigenvalue weighted by Gasteiger charge is 2.40. The van der Waals surface area contributed by atoms with Gasteiger partial charge < -0.3 is 5.11 Å². The van der Waals surface area contributed by atoms with Gasteiger partial charge in [-0.2, -0.15) is 24.9 Å². The largest absolute Gasteiger partial charge is 0.415 e. The van der Waals surface area contributed by atoms with Crippen LogP contribution in [0.4, 0.5) is 13.2 Å². The Morgan fingerprint density at radius 3 is 2.56 bits per heavy atom. The zero-order valence-corrected chi connectivity index (χ0v) is 10.3. The van der Waals surface area contributed by atoms with Crippen LogP contribution in [0.1, 0.15) is 19.3 Å². The van der Waals surface area contributed by atoms with Crippen molar-refractivity contribution >= 4 is 11.8 Å². The molecule has 16 heavy (non-hydrogen) atoms. The predicted molar refractivity (Wildman–Crippen MR) is 59.6 cm³/mol. The minimum Gasteiger partial charge on any atom is -0.382 e. The van der Waals surface area contributed by atoms with Crippen LogP contribution >= 0.6 is 11.8 Å². The van der Waals surface area contributed by atoms with Crippen LogP contribution in [-0.2, 0) is 0 Å². The molecule has 2 nitrogen and oxygen atoms in total. The number of halogens is 3. The van der Waals surface area contributed by atoms with E-state index in [1.54, 1.807) is 23.7 Å². The number of likely N-dealkylation sites (N-methyl/N-ethyl adjacent to an activating group) is 1. The number of rotatable bonds is 4. The van der Waals surface area contributed by atoms with E-state index in [0.717, 1.165) is 19.3 Å². The summed E-state index contributed by atoms with van der Waals surface area (Å²) in [5, 5.41) is 9.40. The highest BCUT2D eigenvalue weighted by Crippen LogP contribution is 2.32. The number of aliphatic hydroxyl groups excluding tert-OH is 1. The lowest BCUT2D eigenvalue weighted by Crippen LogP contribution is -2.45. The summed E-state index contributed by atoms with van der Waals surface area (Å²) in [6.07, 6.45) is -1.73. The molecule has 0 spiro atoms. The van der Waals surface area contributed by atoms with Gasteiger partial charge in [-0.15, -0.1) is 0 Å². The molecule has 0 radical (unpaired) electrons. The van der Waals surface area contributed by atoms with E-state index in [-0.39, 0.29) is 12.6 Å². The molecule has 1 aliphatic rings. The Kier molecular flexibility index (Phi) is 4.94. The molecule has 0 saturated heterocycles. The van der Waals surface area contributed by atoms with Crippen LogP contribution in [-0.4, -0.2) is 53.4 Å². The van der Waals surface area contributed by atoms with E-state index in [1.807, 2.05) is 6.26 Å². The summed E-state index contributed by atoms with van der Waals surface area (Å²) in [6.45, 7) is -0.328. The maximum atomic E-state index is 12.2. The number of hydrogen-bond donors (Lipinski definition) is 1. The molecule has 0 amide bonds. The van der Waals surface area contributed by atoms with Crippen molar-refractivity contribution in [3.05, 3.63) is 0 Å². The van der Waals surface area contributed by atoms with Gasteiger partial charge in [0.05, 0.1) is 0 Å². The summed E-state index contributed by atoms with van der Waals surface area (Å²) in [5.74, 6) is 0. The van der Waals surface area contributed by atoms with Gasteiger partial charge in [-0.3, -0.25) is 4.90 Å². The van der Waals surface area contributed by atoms with Crippen LogP contribution in [0.3, 0.4) is 0 Å². The van der Waals surface area contributed by atoms with Crippen molar-refractivity contribution < 1.29 is 18.3 Å². The average molecular weight is 257 g/mol. The van der Waals surface area contributed by atoms with Crippen LogP contribution in [0.2, 0.25) is 0 Å². The predicted octanol–water partition coefficient (Wildman–Crippen LogP) is 2.13. The Labute approximate surface area is 98.2 Å². The third kappa shape index (κ3) is 3.53. The fourth-order valence-corrected chi connectivity index (χ4v) is 3.26. The van der Waals surface area contributed by atoms with Crippen LogP contribution in [0.5, 0.6) is 0 Å². The first kappa shape index (κ1) is 14.1. The lowest BCUT2D eigenvalue weighted by molar-refractivity contribution is -0.208. The Morgan fingerprint density at radius 1 is 1.44 bits per heavy atom. The quantitative estimate of drug-likeness (QED) is 0.834. The van der Waals surface area contributed by atoms with E-state index in [9.17, 15) is 13.2 Å². The van der Waals surface area contributed by atoms with Crippen molar-refractivity contribution in [1.82, 2.24) is 4.90 Å². The van der Waals surface area contributed by atoms with Crippen LogP contribution in [0.25, 0.3) is 0 Å².